The van der Waals surface area contributed by atoms with Gasteiger partial charge in [-0.3, -0.25) is 14.0 Å². The summed E-state index contributed by atoms with van der Waals surface area (Å²) in [6.07, 6.45) is 7.57. The van der Waals surface area contributed by atoms with Crippen molar-refractivity contribution >= 4 is 5.69 Å². The maximum Gasteiger partial charge on any atom is 0.278 e. The second-order valence-corrected chi connectivity index (χ2v) is 5.32. The smallest absolute Gasteiger partial charge is 0.278 e. The van der Waals surface area contributed by atoms with E-state index in [9.17, 15) is 4.79 Å². The second kappa shape index (κ2) is 6.13. The van der Waals surface area contributed by atoms with E-state index in [1.165, 1.54) is 0 Å². The summed E-state index contributed by atoms with van der Waals surface area (Å²) in [6.45, 7) is 2.55. The van der Waals surface area contributed by atoms with Crippen LogP contribution in [0, 0.1) is 5.92 Å². The van der Waals surface area contributed by atoms with E-state index in [0.29, 0.717) is 11.6 Å². The highest BCUT2D eigenvalue weighted by atomic mass is 16.5. The van der Waals surface area contributed by atoms with Crippen LogP contribution in [0.15, 0.2) is 35.5 Å². The highest BCUT2D eigenvalue weighted by Gasteiger charge is 2.15. The van der Waals surface area contributed by atoms with E-state index in [-0.39, 0.29) is 5.56 Å². The van der Waals surface area contributed by atoms with Gasteiger partial charge in [0.25, 0.3) is 5.56 Å². The summed E-state index contributed by atoms with van der Waals surface area (Å²) in [4.78, 5) is 12.2. The Kier molecular flexibility index (Phi) is 4.06. The van der Waals surface area contributed by atoms with Crippen LogP contribution in [0.1, 0.15) is 12.8 Å². The van der Waals surface area contributed by atoms with Crippen LogP contribution in [0.2, 0.25) is 0 Å². The van der Waals surface area contributed by atoms with Crippen molar-refractivity contribution in [2.75, 3.05) is 25.6 Å². The van der Waals surface area contributed by atoms with Crippen LogP contribution in [-0.2, 0) is 11.3 Å². The van der Waals surface area contributed by atoms with Gasteiger partial charge in [-0.15, -0.1) is 0 Å². The van der Waals surface area contributed by atoms with Crippen LogP contribution in [0.3, 0.4) is 0 Å². The summed E-state index contributed by atoms with van der Waals surface area (Å²) in [6, 6.07) is 3.62. The zero-order valence-electron chi connectivity index (χ0n) is 12.2. The lowest BCUT2D eigenvalue weighted by Crippen LogP contribution is -2.21. The molecule has 112 valence electrons. The Bertz CT molecular complexity index is 656. The number of pyridine rings is 1. The van der Waals surface area contributed by atoms with E-state index in [0.717, 1.165) is 38.3 Å². The number of ether oxygens (including phenoxy) is 1. The Morgan fingerprint density at radius 1 is 1.43 bits per heavy atom. The molecule has 6 heteroatoms. The van der Waals surface area contributed by atoms with Crippen molar-refractivity contribution in [3.8, 4) is 5.69 Å². The Hall–Kier alpha value is -2.08. The van der Waals surface area contributed by atoms with Crippen LogP contribution in [0.4, 0.5) is 5.69 Å². The zero-order valence-corrected chi connectivity index (χ0v) is 12.2. The average molecular weight is 288 g/mol. The van der Waals surface area contributed by atoms with Crippen molar-refractivity contribution in [3.63, 3.8) is 0 Å². The van der Waals surface area contributed by atoms with Crippen LogP contribution in [0.5, 0.6) is 0 Å². The Morgan fingerprint density at radius 3 is 3.00 bits per heavy atom. The molecule has 6 nitrogen and oxygen atoms in total. The Morgan fingerprint density at radius 2 is 2.24 bits per heavy atom. The number of hydrogen-bond donors (Lipinski definition) is 1. The van der Waals surface area contributed by atoms with Crippen molar-refractivity contribution in [2.45, 2.75) is 19.4 Å². The maximum absolute atomic E-state index is 12.2. The number of hydrogen-bond acceptors (Lipinski definition) is 4. The molecule has 0 amide bonds. The first-order chi connectivity index (χ1) is 10.3. The molecule has 0 radical (unpaired) electrons. The van der Waals surface area contributed by atoms with Crippen LogP contribution >= 0.6 is 0 Å². The number of rotatable bonds is 4. The van der Waals surface area contributed by atoms with Crippen molar-refractivity contribution in [1.82, 2.24) is 14.3 Å². The highest BCUT2D eigenvalue weighted by molar-refractivity contribution is 5.42. The minimum absolute atomic E-state index is 0.0642. The molecule has 3 heterocycles. The van der Waals surface area contributed by atoms with Crippen molar-refractivity contribution in [3.05, 3.63) is 41.1 Å². The monoisotopic (exact) mass is 288 g/mol. The van der Waals surface area contributed by atoms with Crippen LogP contribution in [0.25, 0.3) is 5.69 Å². The predicted molar refractivity (Wildman–Crippen MR) is 80.9 cm³/mol. The maximum atomic E-state index is 12.2. The molecule has 0 saturated carbocycles. The fraction of sp³-hybridized carbons (Fsp3) is 0.467. The molecule has 0 unspecified atom stereocenters. The molecule has 0 aliphatic carbocycles. The summed E-state index contributed by atoms with van der Waals surface area (Å²) in [5.41, 5.74) is 1.31. The molecule has 0 spiro atoms. The fourth-order valence-corrected chi connectivity index (χ4v) is 2.66. The van der Waals surface area contributed by atoms with Gasteiger partial charge in [0.1, 0.15) is 5.69 Å². The molecular weight excluding hydrogens is 268 g/mol. The van der Waals surface area contributed by atoms with Gasteiger partial charge in [-0.25, -0.2) is 0 Å². The number of nitrogens with zero attached hydrogens (tertiary/aromatic N) is 3. The third-order valence-electron chi connectivity index (χ3n) is 3.90. The molecule has 1 saturated heterocycles. The highest BCUT2D eigenvalue weighted by Crippen LogP contribution is 2.17. The van der Waals surface area contributed by atoms with E-state index < -0.39 is 0 Å². The van der Waals surface area contributed by atoms with Gasteiger partial charge in [0.2, 0.25) is 0 Å². The molecule has 1 aliphatic rings. The molecular formula is C15H20N4O2. The van der Waals surface area contributed by atoms with Crippen LogP contribution < -0.4 is 10.9 Å². The topological polar surface area (TPSA) is 61.1 Å². The summed E-state index contributed by atoms with van der Waals surface area (Å²) in [5.74, 6) is 0.604. The third kappa shape index (κ3) is 3.00. The summed E-state index contributed by atoms with van der Waals surface area (Å²) in [5, 5.41) is 7.28. The first-order valence-corrected chi connectivity index (χ1v) is 7.28. The molecule has 0 bridgehead atoms. The lowest BCUT2D eigenvalue weighted by molar-refractivity contribution is 0.0601. The molecule has 2 aromatic rings. The second-order valence-electron chi connectivity index (χ2n) is 5.32. The summed E-state index contributed by atoms with van der Waals surface area (Å²) >= 11 is 0. The Balaban J connectivity index is 1.80. The van der Waals surface area contributed by atoms with Gasteiger partial charge in [-0.05, 0) is 30.9 Å². The van der Waals surface area contributed by atoms with E-state index in [1.54, 1.807) is 30.1 Å². The first kappa shape index (κ1) is 13.9. The molecule has 1 N–H and O–H groups in total. The van der Waals surface area contributed by atoms with Gasteiger partial charge < -0.3 is 10.1 Å². The van der Waals surface area contributed by atoms with Crippen LogP contribution in [-0.4, -0.2) is 34.6 Å². The lowest BCUT2D eigenvalue weighted by Gasteiger charge is -2.21. The minimum atomic E-state index is -0.0642. The van der Waals surface area contributed by atoms with E-state index in [1.807, 2.05) is 16.9 Å². The standard InChI is InChI=1S/C15H20N4O2/c1-16-14-3-2-6-19(15(14)20)13-9-17-18(11-13)10-12-4-7-21-8-5-12/h2-3,6,9,11-12,16H,4-5,7-8,10H2,1H3. The largest absolute Gasteiger partial charge is 0.384 e. The molecule has 0 aromatic carbocycles. The number of nitrogens with one attached hydrogen (secondary N) is 1. The molecule has 1 fully saturated rings. The van der Waals surface area contributed by atoms with Gasteiger partial charge in [0.15, 0.2) is 0 Å². The number of aromatic nitrogens is 3. The Labute approximate surface area is 123 Å². The molecule has 3 rings (SSSR count). The summed E-state index contributed by atoms with van der Waals surface area (Å²) < 4.78 is 8.90. The molecule has 21 heavy (non-hydrogen) atoms. The zero-order chi connectivity index (χ0) is 14.7. The van der Waals surface area contributed by atoms with Gasteiger partial charge in [-0.2, -0.15) is 5.10 Å². The SMILES string of the molecule is CNc1cccn(-c2cnn(CC3CCOCC3)c2)c1=O. The van der Waals surface area contributed by atoms with Gasteiger partial charge in [0, 0.05) is 39.2 Å². The summed E-state index contributed by atoms with van der Waals surface area (Å²) in [7, 11) is 1.75. The molecule has 2 aromatic heterocycles. The minimum Gasteiger partial charge on any atom is -0.384 e. The lowest BCUT2D eigenvalue weighted by atomic mass is 10.0. The quantitative estimate of drug-likeness (QED) is 0.926. The van der Waals surface area contributed by atoms with E-state index in [2.05, 4.69) is 10.4 Å². The molecule has 0 atom stereocenters. The van der Waals surface area contributed by atoms with Gasteiger partial charge in [0.05, 0.1) is 11.9 Å². The van der Waals surface area contributed by atoms with E-state index in [4.69, 9.17) is 4.74 Å². The predicted octanol–water partition coefficient (Wildman–Crippen LogP) is 1.50. The fourth-order valence-electron chi connectivity index (χ4n) is 2.66. The van der Waals surface area contributed by atoms with Gasteiger partial charge in [-0.1, -0.05) is 0 Å². The van der Waals surface area contributed by atoms with Crippen molar-refractivity contribution in [2.24, 2.45) is 5.92 Å². The number of anilines is 1. The van der Waals surface area contributed by atoms with E-state index >= 15 is 0 Å². The van der Waals surface area contributed by atoms with Crippen molar-refractivity contribution in [1.29, 1.82) is 0 Å². The van der Waals surface area contributed by atoms with Gasteiger partial charge >= 0.3 is 0 Å². The first-order valence-electron chi connectivity index (χ1n) is 7.28. The van der Waals surface area contributed by atoms with Crippen molar-refractivity contribution < 1.29 is 4.74 Å². The third-order valence-corrected chi connectivity index (χ3v) is 3.90. The molecule has 1 aliphatic heterocycles. The average Bonchev–Trinajstić information content (AvgIpc) is 2.97. The normalized spacial score (nSPS) is 16.0.